The van der Waals surface area contributed by atoms with Gasteiger partial charge in [0.1, 0.15) is 0 Å². The molecule has 0 saturated carbocycles. The van der Waals surface area contributed by atoms with Gasteiger partial charge >= 0.3 is 0 Å². The van der Waals surface area contributed by atoms with Crippen LogP contribution in [0.15, 0.2) is 59.8 Å². The van der Waals surface area contributed by atoms with E-state index in [0.29, 0.717) is 6.42 Å². The minimum atomic E-state index is 0.253. The second kappa shape index (κ2) is 6.19. The van der Waals surface area contributed by atoms with Gasteiger partial charge in [-0.15, -0.1) is 0 Å². The Labute approximate surface area is 104 Å². The molecule has 0 atom stereocenters. The predicted octanol–water partition coefficient (Wildman–Crippen LogP) is 4.30. The van der Waals surface area contributed by atoms with Gasteiger partial charge in [-0.1, -0.05) is 50.0 Å². The van der Waals surface area contributed by atoms with Crippen molar-refractivity contribution in [2.24, 2.45) is 0 Å². The van der Waals surface area contributed by atoms with Gasteiger partial charge in [-0.25, -0.2) is 0 Å². The number of carbonyl (C=O) groups excluding carboxylic acids is 1. The molecule has 0 aromatic carbocycles. The van der Waals surface area contributed by atoms with Crippen LogP contribution in [0.2, 0.25) is 0 Å². The molecule has 0 unspecified atom stereocenters. The van der Waals surface area contributed by atoms with Crippen LogP contribution >= 0.6 is 0 Å². The first-order valence-corrected chi connectivity index (χ1v) is 6.00. The molecule has 0 N–H and O–H groups in total. The monoisotopic (exact) mass is 228 g/mol. The Morgan fingerprint density at radius 2 is 1.82 bits per heavy atom. The van der Waals surface area contributed by atoms with Crippen LogP contribution in [0, 0.1) is 0 Å². The molecule has 1 aliphatic rings. The van der Waals surface area contributed by atoms with Crippen molar-refractivity contribution in [2.45, 2.75) is 33.1 Å². The van der Waals surface area contributed by atoms with Gasteiger partial charge in [0.2, 0.25) is 0 Å². The van der Waals surface area contributed by atoms with Crippen molar-refractivity contribution in [3.63, 3.8) is 0 Å². The number of carbonyl (C=O) groups is 1. The summed E-state index contributed by atoms with van der Waals surface area (Å²) in [4.78, 5) is 11.5. The maximum Gasteiger partial charge on any atom is 0.158 e. The molecule has 0 heterocycles. The molecule has 1 aliphatic carbocycles. The molecule has 0 fully saturated rings. The van der Waals surface area contributed by atoms with Gasteiger partial charge in [0.25, 0.3) is 0 Å². The molecule has 0 aliphatic heterocycles. The first-order valence-electron chi connectivity index (χ1n) is 6.00. The van der Waals surface area contributed by atoms with E-state index in [1.165, 1.54) is 5.57 Å². The molecule has 0 aromatic rings. The molecule has 0 aromatic heterocycles. The van der Waals surface area contributed by atoms with E-state index >= 15 is 0 Å². The van der Waals surface area contributed by atoms with E-state index in [1.807, 2.05) is 38.2 Å². The van der Waals surface area contributed by atoms with Crippen molar-refractivity contribution in [3.05, 3.63) is 59.8 Å². The molecule has 1 rings (SSSR count). The summed E-state index contributed by atoms with van der Waals surface area (Å²) in [5.74, 6) is 0.253. The number of rotatable bonds is 5. The summed E-state index contributed by atoms with van der Waals surface area (Å²) in [6, 6.07) is 0. The maximum absolute atomic E-state index is 11.5. The number of Topliss-reactive ketones (excluding diaryl/α,β-unsaturated/α-hetero) is 1. The summed E-state index contributed by atoms with van der Waals surface area (Å²) in [6.07, 6.45) is 10.2. The Bertz CT molecular complexity index is 430. The molecule has 1 nitrogen and oxygen atoms in total. The fourth-order valence-corrected chi connectivity index (χ4v) is 1.71. The fourth-order valence-electron chi connectivity index (χ4n) is 1.71. The van der Waals surface area contributed by atoms with Crippen molar-refractivity contribution >= 4 is 5.78 Å². The van der Waals surface area contributed by atoms with E-state index in [2.05, 4.69) is 13.2 Å². The Balaban J connectivity index is 2.73. The van der Waals surface area contributed by atoms with Crippen LogP contribution in [-0.4, -0.2) is 5.78 Å². The van der Waals surface area contributed by atoms with Crippen molar-refractivity contribution in [1.29, 1.82) is 0 Å². The highest BCUT2D eigenvalue weighted by Gasteiger charge is 2.12. The largest absolute Gasteiger partial charge is 0.295 e. The van der Waals surface area contributed by atoms with Gasteiger partial charge in [-0.05, 0) is 36.5 Å². The van der Waals surface area contributed by atoms with E-state index in [-0.39, 0.29) is 5.78 Å². The van der Waals surface area contributed by atoms with Crippen molar-refractivity contribution in [1.82, 2.24) is 0 Å². The zero-order chi connectivity index (χ0) is 12.8. The van der Waals surface area contributed by atoms with Crippen molar-refractivity contribution in [2.75, 3.05) is 0 Å². The van der Waals surface area contributed by atoms with E-state index in [0.717, 1.165) is 29.6 Å². The first-order chi connectivity index (χ1) is 8.04. The highest BCUT2D eigenvalue weighted by molar-refractivity contribution is 5.95. The van der Waals surface area contributed by atoms with Crippen LogP contribution < -0.4 is 0 Å². The average molecular weight is 228 g/mol. The smallest absolute Gasteiger partial charge is 0.158 e. The standard InChI is InChI=1S/C16H20O/c1-5-16(17)15-10-8-14(9-11-15)13(4)7-6-12(2)3/h6-8,10H,2,4-5,9,11H2,1,3H3/b7-6-. The molecule has 0 spiro atoms. The van der Waals surface area contributed by atoms with Gasteiger partial charge in [0.05, 0.1) is 0 Å². The second-order valence-corrected chi connectivity index (χ2v) is 4.37. The van der Waals surface area contributed by atoms with E-state index in [9.17, 15) is 4.79 Å². The van der Waals surface area contributed by atoms with Crippen LogP contribution in [0.1, 0.15) is 33.1 Å². The predicted molar refractivity (Wildman–Crippen MR) is 73.8 cm³/mol. The third-order valence-corrected chi connectivity index (χ3v) is 2.81. The van der Waals surface area contributed by atoms with Gasteiger partial charge < -0.3 is 0 Å². The van der Waals surface area contributed by atoms with Crippen LogP contribution in [0.5, 0.6) is 0 Å². The molecule has 0 bridgehead atoms. The molecule has 90 valence electrons. The average Bonchev–Trinajstić information content (AvgIpc) is 2.35. The lowest BCUT2D eigenvalue weighted by Gasteiger charge is -2.13. The quantitative estimate of drug-likeness (QED) is 0.641. The summed E-state index contributed by atoms with van der Waals surface area (Å²) in [5.41, 5.74) is 4.16. The summed E-state index contributed by atoms with van der Waals surface area (Å²) in [6.45, 7) is 11.7. The summed E-state index contributed by atoms with van der Waals surface area (Å²) in [7, 11) is 0. The number of allylic oxidation sites excluding steroid dienone is 8. The molecule has 17 heavy (non-hydrogen) atoms. The third kappa shape index (κ3) is 4.03. The highest BCUT2D eigenvalue weighted by Crippen LogP contribution is 2.25. The van der Waals surface area contributed by atoms with Gasteiger partial charge in [0.15, 0.2) is 5.78 Å². The SMILES string of the molecule is C=C(C)/C=C\C(=C)C1=CC=C(C(=O)CC)CC1. The Morgan fingerprint density at radius 1 is 1.24 bits per heavy atom. The Morgan fingerprint density at radius 3 is 2.29 bits per heavy atom. The van der Waals surface area contributed by atoms with Crippen LogP contribution in [0.3, 0.4) is 0 Å². The second-order valence-electron chi connectivity index (χ2n) is 4.37. The van der Waals surface area contributed by atoms with E-state index in [1.54, 1.807) is 0 Å². The number of hydrogen-bond donors (Lipinski definition) is 0. The Kier molecular flexibility index (Phi) is 4.89. The number of hydrogen-bond acceptors (Lipinski definition) is 1. The third-order valence-electron chi connectivity index (χ3n) is 2.81. The van der Waals surface area contributed by atoms with E-state index < -0.39 is 0 Å². The van der Waals surface area contributed by atoms with E-state index in [4.69, 9.17) is 0 Å². The van der Waals surface area contributed by atoms with Gasteiger partial charge in [-0.3, -0.25) is 4.79 Å². The summed E-state index contributed by atoms with van der Waals surface area (Å²) < 4.78 is 0. The summed E-state index contributed by atoms with van der Waals surface area (Å²) >= 11 is 0. The lowest BCUT2D eigenvalue weighted by molar-refractivity contribution is -0.115. The zero-order valence-electron chi connectivity index (χ0n) is 10.8. The zero-order valence-corrected chi connectivity index (χ0v) is 10.8. The van der Waals surface area contributed by atoms with Crippen LogP contribution in [-0.2, 0) is 4.79 Å². The van der Waals surface area contributed by atoms with Gasteiger partial charge in [0, 0.05) is 6.42 Å². The molecule has 0 amide bonds. The first kappa shape index (κ1) is 13.4. The lowest BCUT2D eigenvalue weighted by atomic mass is 9.91. The van der Waals surface area contributed by atoms with Crippen LogP contribution in [0.25, 0.3) is 0 Å². The summed E-state index contributed by atoms with van der Waals surface area (Å²) in [5, 5.41) is 0. The number of ketones is 1. The minimum absolute atomic E-state index is 0.253. The van der Waals surface area contributed by atoms with Crippen LogP contribution in [0.4, 0.5) is 0 Å². The minimum Gasteiger partial charge on any atom is -0.295 e. The van der Waals surface area contributed by atoms with Gasteiger partial charge in [-0.2, -0.15) is 0 Å². The normalized spacial score (nSPS) is 15.4. The maximum atomic E-state index is 11.5. The van der Waals surface area contributed by atoms with Crippen molar-refractivity contribution < 1.29 is 4.79 Å². The fraction of sp³-hybridized carbons (Fsp3) is 0.312. The topological polar surface area (TPSA) is 17.1 Å². The Hall–Kier alpha value is -1.63. The van der Waals surface area contributed by atoms with Crippen molar-refractivity contribution in [3.8, 4) is 0 Å². The molecule has 0 saturated heterocycles. The molecular formula is C16H20O. The molecular weight excluding hydrogens is 208 g/mol. The highest BCUT2D eigenvalue weighted by atomic mass is 16.1. The lowest BCUT2D eigenvalue weighted by Crippen LogP contribution is -2.04. The molecule has 1 heteroatoms. The molecule has 0 radical (unpaired) electrons.